The van der Waals surface area contributed by atoms with Gasteiger partial charge in [-0.3, -0.25) is 9.69 Å². The van der Waals surface area contributed by atoms with Crippen LogP contribution in [-0.4, -0.2) is 60.0 Å². The minimum atomic E-state index is -0.0266. The lowest BCUT2D eigenvalue weighted by Crippen LogP contribution is -2.39. The molecule has 0 aromatic carbocycles. The summed E-state index contributed by atoms with van der Waals surface area (Å²) in [6, 6.07) is 0. The number of nitrogens with one attached hydrogen (secondary N) is 1. The monoisotopic (exact) mass is 351 g/mol. The first kappa shape index (κ1) is 15.7. The maximum absolute atomic E-state index is 11.7. The fourth-order valence-corrected chi connectivity index (χ4v) is 2.41. The maximum Gasteiger partial charge on any atom is 0.234 e. The molecule has 2 heterocycles. The number of hydrogen-bond acceptors (Lipinski definition) is 5. The summed E-state index contributed by atoms with van der Waals surface area (Å²) in [7, 11) is 0. The molecule has 1 aliphatic heterocycles. The lowest BCUT2D eigenvalue weighted by molar-refractivity contribution is -0.121. The standard InChI is InChI=1S/C14H18BrN5O/c1-2-4-16-13(21)11-19-5-3-6-20(8-7-19)14-17-9-12(15)10-18-14/h1,9-10H,3-8,11H2,(H,16,21). The molecule has 1 fully saturated rings. The number of terminal acetylenes is 1. The van der Waals surface area contributed by atoms with Gasteiger partial charge in [-0.05, 0) is 22.4 Å². The summed E-state index contributed by atoms with van der Waals surface area (Å²) < 4.78 is 0.868. The number of halogens is 1. The molecule has 0 aliphatic carbocycles. The van der Waals surface area contributed by atoms with Gasteiger partial charge in [-0.1, -0.05) is 5.92 Å². The first-order chi connectivity index (χ1) is 10.2. The van der Waals surface area contributed by atoms with E-state index in [1.807, 2.05) is 0 Å². The number of nitrogens with zero attached hydrogens (tertiary/aromatic N) is 4. The van der Waals surface area contributed by atoms with E-state index in [0.717, 1.165) is 43.0 Å². The van der Waals surface area contributed by atoms with Gasteiger partial charge in [0.25, 0.3) is 0 Å². The molecule has 0 unspecified atom stereocenters. The number of carbonyl (C=O) groups excluding carboxylic acids is 1. The number of carbonyl (C=O) groups is 1. The van der Waals surface area contributed by atoms with Gasteiger partial charge >= 0.3 is 0 Å². The summed E-state index contributed by atoms with van der Waals surface area (Å²) in [5.41, 5.74) is 0. The Morgan fingerprint density at radius 1 is 1.33 bits per heavy atom. The minimum absolute atomic E-state index is 0.0266. The van der Waals surface area contributed by atoms with Crippen molar-refractivity contribution in [3.05, 3.63) is 16.9 Å². The topological polar surface area (TPSA) is 61.4 Å². The van der Waals surface area contributed by atoms with E-state index in [9.17, 15) is 4.79 Å². The number of amides is 1. The fraction of sp³-hybridized carbons (Fsp3) is 0.500. The smallest absolute Gasteiger partial charge is 0.234 e. The first-order valence-electron chi connectivity index (χ1n) is 6.84. The highest BCUT2D eigenvalue weighted by molar-refractivity contribution is 9.10. The van der Waals surface area contributed by atoms with Gasteiger partial charge in [-0.15, -0.1) is 6.42 Å². The number of hydrogen-bond donors (Lipinski definition) is 1. The quantitative estimate of drug-likeness (QED) is 0.800. The lowest BCUT2D eigenvalue weighted by Gasteiger charge is -2.21. The Bertz CT molecular complexity index is 513. The van der Waals surface area contributed by atoms with Gasteiger partial charge in [-0.2, -0.15) is 0 Å². The van der Waals surface area contributed by atoms with Gasteiger partial charge in [-0.25, -0.2) is 9.97 Å². The van der Waals surface area contributed by atoms with E-state index >= 15 is 0 Å². The van der Waals surface area contributed by atoms with Crippen molar-refractivity contribution >= 4 is 27.8 Å². The molecule has 0 atom stereocenters. The van der Waals surface area contributed by atoms with Gasteiger partial charge in [0.2, 0.25) is 11.9 Å². The molecule has 6 nitrogen and oxygen atoms in total. The molecule has 1 saturated heterocycles. The van der Waals surface area contributed by atoms with Crippen LogP contribution in [0.5, 0.6) is 0 Å². The largest absolute Gasteiger partial charge is 0.344 e. The highest BCUT2D eigenvalue weighted by atomic mass is 79.9. The second kappa shape index (κ2) is 7.96. The van der Waals surface area contributed by atoms with Crippen LogP contribution in [0.1, 0.15) is 6.42 Å². The Hall–Kier alpha value is -1.65. The molecule has 1 aromatic rings. The second-order valence-corrected chi connectivity index (χ2v) is 5.71. The lowest BCUT2D eigenvalue weighted by atomic mass is 10.4. The van der Waals surface area contributed by atoms with Gasteiger partial charge < -0.3 is 10.2 Å². The van der Waals surface area contributed by atoms with Crippen molar-refractivity contribution in [1.29, 1.82) is 0 Å². The van der Waals surface area contributed by atoms with E-state index in [1.165, 1.54) is 0 Å². The zero-order chi connectivity index (χ0) is 15.1. The minimum Gasteiger partial charge on any atom is -0.344 e. The van der Waals surface area contributed by atoms with Crippen LogP contribution in [0.25, 0.3) is 0 Å². The van der Waals surface area contributed by atoms with Gasteiger partial charge in [0.1, 0.15) is 0 Å². The predicted octanol–water partition coefficient (Wildman–Crippen LogP) is 0.501. The van der Waals surface area contributed by atoms with Crippen LogP contribution in [0.4, 0.5) is 5.95 Å². The molecule has 2 rings (SSSR count). The van der Waals surface area contributed by atoms with Crippen LogP contribution in [0.2, 0.25) is 0 Å². The Morgan fingerprint density at radius 3 is 2.81 bits per heavy atom. The van der Waals surface area contributed by atoms with Gasteiger partial charge in [0, 0.05) is 38.6 Å². The van der Waals surface area contributed by atoms with Gasteiger partial charge in [0.05, 0.1) is 17.6 Å². The highest BCUT2D eigenvalue weighted by Crippen LogP contribution is 2.13. The molecule has 1 amide bonds. The van der Waals surface area contributed by atoms with Crippen molar-refractivity contribution in [2.75, 3.05) is 44.2 Å². The SMILES string of the molecule is C#CCNC(=O)CN1CCCN(c2ncc(Br)cn2)CC1. The third kappa shape index (κ3) is 4.99. The summed E-state index contributed by atoms with van der Waals surface area (Å²) in [4.78, 5) is 24.6. The predicted molar refractivity (Wildman–Crippen MR) is 84.8 cm³/mol. The molecule has 112 valence electrons. The molecule has 1 aliphatic rings. The van der Waals surface area contributed by atoms with E-state index in [4.69, 9.17) is 6.42 Å². The Kier molecular flexibility index (Phi) is 5.96. The van der Waals surface area contributed by atoms with Crippen molar-refractivity contribution in [2.45, 2.75) is 6.42 Å². The van der Waals surface area contributed by atoms with Crippen LogP contribution >= 0.6 is 15.9 Å². The fourth-order valence-electron chi connectivity index (χ4n) is 2.21. The molecule has 1 N–H and O–H groups in total. The summed E-state index contributed by atoms with van der Waals surface area (Å²) in [6.07, 6.45) is 9.60. The molecule has 7 heteroatoms. The zero-order valence-electron chi connectivity index (χ0n) is 11.8. The molecule has 0 spiro atoms. The van der Waals surface area contributed by atoms with Crippen molar-refractivity contribution in [1.82, 2.24) is 20.2 Å². The zero-order valence-corrected chi connectivity index (χ0v) is 13.3. The Labute approximate surface area is 133 Å². The van der Waals surface area contributed by atoms with Crippen LogP contribution in [0.15, 0.2) is 16.9 Å². The third-order valence-corrected chi connectivity index (χ3v) is 3.64. The normalized spacial score (nSPS) is 16.1. The highest BCUT2D eigenvalue weighted by Gasteiger charge is 2.18. The second-order valence-electron chi connectivity index (χ2n) is 4.80. The van der Waals surface area contributed by atoms with Crippen molar-refractivity contribution < 1.29 is 4.79 Å². The summed E-state index contributed by atoms with van der Waals surface area (Å²) >= 11 is 3.33. The van der Waals surface area contributed by atoms with E-state index in [0.29, 0.717) is 6.54 Å². The molecular formula is C14H18BrN5O. The number of aromatic nitrogens is 2. The molecule has 0 saturated carbocycles. The summed E-state index contributed by atoms with van der Waals surface area (Å²) in [6.45, 7) is 4.07. The van der Waals surface area contributed by atoms with Gasteiger partial charge in [0.15, 0.2) is 0 Å². The first-order valence-corrected chi connectivity index (χ1v) is 7.63. The average Bonchev–Trinajstić information content (AvgIpc) is 2.71. The molecule has 0 radical (unpaired) electrons. The van der Waals surface area contributed by atoms with Crippen molar-refractivity contribution in [2.24, 2.45) is 0 Å². The Balaban J connectivity index is 1.86. The van der Waals surface area contributed by atoms with Crippen LogP contribution in [0.3, 0.4) is 0 Å². The molecule has 0 bridgehead atoms. The Morgan fingerprint density at radius 2 is 2.10 bits per heavy atom. The average molecular weight is 352 g/mol. The number of rotatable bonds is 4. The third-order valence-electron chi connectivity index (χ3n) is 3.23. The van der Waals surface area contributed by atoms with E-state index in [2.05, 4.69) is 46.9 Å². The van der Waals surface area contributed by atoms with Crippen LogP contribution in [-0.2, 0) is 4.79 Å². The number of anilines is 1. The van der Waals surface area contributed by atoms with E-state index in [-0.39, 0.29) is 12.5 Å². The van der Waals surface area contributed by atoms with E-state index in [1.54, 1.807) is 12.4 Å². The molecular weight excluding hydrogens is 334 g/mol. The maximum atomic E-state index is 11.7. The summed E-state index contributed by atoms with van der Waals surface area (Å²) in [5.74, 6) is 3.11. The summed E-state index contributed by atoms with van der Waals surface area (Å²) in [5, 5.41) is 2.69. The van der Waals surface area contributed by atoms with Crippen molar-refractivity contribution in [3.8, 4) is 12.3 Å². The molecule has 21 heavy (non-hydrogen) atoms. The molecule has 1 aromatic heterocycles. The van der Waals surface area contributed by atoms with Crippen LogP contribution < -0.4 is 10.2 Å². The van der Waals surface area contributed by atoms with Crippen molar-refractivity contribution in [3.63, 3.8) is 0 Å². The van der Waals surface area contributed by atoms with Crippen LogP contribution in [0, 0.1) is 12.3 Å². The van der Waals surface area contributed by atoms with E-state index < -0.39 is 0 Å².